The van der Waals surface area contributed by atoms with Crippen molar-refractivity contribution in [1.82, 2.24) is 10.3 Å². The van der Waals surface area contributed by atoms with Crippen LogP contribution in [0.5, 0.6) is 0 Å². The third-order valence-corrected chi connectivity index (χ3v) is 2.89. The van der Waals surface area contributed by atoms with E-state index in [0.717, 1.165) is 12.3 Å². The molecule has 0 fully saturated rings. The number of nitrogens with one attached hydrogen (secondary N) is 1. The molecule has 0 aliphatic heterocycles. The average Bonchev–Trinajstić information content (AvgIpc) is 2.48. The number of aromatic nitrogens is 1. The lowest BCUT2D eigenvalue weighted by atomic mass is 10.0. The van der Waals surface area contributed by atoms with E-state index in [4.69, 9.17) is 5.11 Å². The van der Waals surface area contributed by atoms with Crippen LogP contribution in [0.4, 0.5) is 4.39 Å². The summed E-state index contributed by atoms with van der Waals surface area (Å²) < 4.78 is 12.7. The van der Waals surface area contributed by atoms with Crippen molar-refractivity contribution < 1.29 is 19.1 Å². The van der Waals surface area contributed by atoms with Crippen LogP contribution in [0, 0.1) is 5.82 Å². The van der Waals surface area contributed by atoms with Crippen LogP contribution < -0.4 is 5.32 Å². The first-order valence-corrected chi connectivity index (χ1v) is 6.29. The number of amides is 1. The molecule has 0 saturated heterocycles. The molecule has 2 N–H and O–H groups in total. The van der Waals surface area contributed by atoms with Crippen LogP contribution in [0.1, 0.15) is 26.4 Å². The number of carboxylic acids is 1. The first-order chi connectivity index (χ1) is 10.1. The van der Waals surface area contributed by atoms with Crippen LogP contribution in [-0.4, -0.2) is 28.5 Å². The molecule has 0 aliphatic carbocycles. The van der Waals surface area contributed by atoms with Crippen molar-refractivity contribution in [3.8, 4) is 0 Å². The van der Waals surface area contributed by atoms with Crippen molar-refractivity contribution in [2.24, 2.45) is 0 Å². The summed E-state index contributed by atoms with van der Waals surface area (Å²) >= 11 is 0. The van der Waals surface area contributed by atoms with Crippen LogP contribution in [0.2, 0.25) is 0 Å². The molecular formula is C15H13FN2O3. The maximum Gasteiger partial charge on any atom is 0.335 e. The number of nitrogens with zero attached hydrogens (tertiary/aromatic N) is 1. The van der Waals surface area contributed by atoms with Gasteiger partial charge < -0.3 is 10.4 Å². The first-order valence-electron chi connectivity index (χ1n) is 6.29. The minimum absolute atomic E-state index is 0.114. The first kappa shape index (κ1) is 14.6. The second-order valence-electron chi connectivity index (χ2n) is 4.33. The molecule has 0 radical (unpaired) electrons. The number of carbonyl (C=O) groups is 2. The van der Waals surface area contributed by atoms with E-state index in [2.05, 4.69) is 10.3 Å². The molecule has 0 bridgehead atoms. The minimum Gasteiger partial charge on any atom is -0.478 e. The summed E-state index contributed by atoms with van der Waals surface area (Å²) in [5.41, 5.74) is 0.965. The van der Waals surface area contributed by atoms with Gasteiger partial charge in [0, 0.05) is 6.54 Å². The highest BCUT2D eigenvalue weighted by molar-refractivity contribution is 5.92. The maximum absolute atomic E-state index is 12.7. The molecule has 5 nitrogen and oxygen atoms in total. The second-order valence-corrected chi connectivity index (χ2v) is 4.33. The lowest BCUT2D eigenvalue weighted by molar-refractivity contribution is 0.0695. The Balaban J connectivity index is 1.94. The van der Waals surface area contributed by atoms with E-state index in [1.54, 1.807) is 18.2 Å². The Bertz CT molecular complexity index is 656. The van der Waals surface area contributed by atoms with Crippen molar-refractivity contribution in [1.29, 1.82) is 0 Å². The van der Waals surface area contributed by atoms with Gasteiger partial charge in [-0.3, -0.25) is 4.79 Å². The van der Waals surface area contributed by atoms with E-state index in [1.165, 1.54) is 12.1 Å². The molecule has 0 atom stereocenters. The van der Waals surface area contributed by atoms with Gasteiger partial charge in [0.15, 0.2) is 0 Å². The summed E-state index contributed by atoms with van der Waals surface area (Å²) in [5.74, 6) is -1.94. The standard InChI is InChI=1S/C15H13FN2O3/c16-11-5-6-13(18-9-11)14(19)17-8-7-10-3-1-2-4-12(10)15(20)21/h1-6,9H,7-8H2,(H,17,19)(H,20,21). The second kappa shape index (κ2) is 6.60. The molecule has 1 amide bonds. The molecule has 1 heterocycles. The van der Waals surface area contributed by atoms with Crippen LogP contribution in [-0.2, 0) is 6.42 Å². The average molecular weight is 288 g/mol. The zero-order valence-corrected chi connectivity index (χ0v) is 11.0. The van der Waals surface area contributed by atoms with Gasteiger partial charge in [0.1, 0.15) is 11.5 Å². The predicted octanol–water partition coefficient (Wildman–Crippen LogP) is 1.89. The fraction of sp³-hybridized carbons (Fsp3) is 0.133. The van der Waals surface area contributed by atoms with Gasteiger partial charge >= 0.3 is 5.97 Å². The van der Waals surface area contributed by atoms with E-state index < -0.39 is 17.7 Å². The van der Waals surface area contributed by atoms with Gasteiger partial charge in [0.25, 0.3) is 5.91 Å². The normalized spacial score (nSPS) is 10.1. The zero-order chi connectivity index (χ0) is 15.2. The highest BCUT2D eigenvalue weighted by Gasteiger charge is 2.10. The Kier molecular flexibility index (Phi) is 4.61. The monoisotopic (exact) mass is 288 g/mol. The summed E-state index contributed by atoms with van der Waals surface area (Å²) in [6, 6.07) is 9.05. The number of carbonyl (C=O) groups excluding carboxylic acids is 1. The van der Waals surface area contributed by atoms with Crippen molar-refractivity contribution >= 4 is 11.9 Å². The van der Waals surface area contributed by atoms with Crippen LogP contribution in [0.25, 0.3) is 0 Å². The number of pyridine rings is 1. The molecule has 0 saturated carbocycles. The van der Waals surface area contributed by atoms with Crippen molar-refractivity contribution in [3.05, 3.63) is 65.2 Å². The Morgan fingerprint density at radius 2 is 1.95 bits per heavy atom. The number of rotatable bonds is 5. The van der Waals surface area contributed by atoms with E-state index in [-0.39, 0.29) is 17.8 Å². The Labute approximate surface area is 120 Å². The summed E-state index contributed by atoms with van der Waals surface area (Å²) in [4.78, 5) is 26.5. The van der Waals surface area contributed by atoms with Crippen LogP contribution in [0.15, 0.2) is 42.6 Å². The molecule has 1 aromatic heterocycles. The summed E-state index contributed by atoms with van der Waals surface area (Å²) in [7, 11) is 0. The molecule has 0 spiro atoms. The van der Waals surface area contributed by atoms with Crippen molar-refractivity contribution in [2.75, 3.05) is 6.54 Å². The zero-order valence-electron chi connectivity index (χ0n) is 11.0. The largest absolute Gasteiger partial charge is 0.478 e. The van der Waals surface area contributed by atoms with Crippen molar-refractivity contribution in [3.63, 3.8) is 0 Å². The van der Waals surface area contributed by atoms with E-state index in [0.29, 0.717) is 12.0 Å². The van der Waals surface area contributed by atoms with Gasteiger partial charge in [0.05, 0.1) is 11.8 Å². The number of hydrogen-bond donors (Lipinski definition) is 2. The molecule has 0 aliphatic rings. The number of halogens is 1. The van der Waals surface area contributed by atoms with Crippen LogP contribution in [0.3, 0.4) is 0 Å². The van der Waals surface area contributed by atoms with Gasteiger partial charge in [-0.25, -0.2) is 14.2 Å². The Morgan fingerprint density at radius 3 is 2.62 bits per heavy atom. The van der Waals surface area contributed by atoms with E-state index >= 15 is 0 Å². The van der Waals surface area contributed by atoms with Gasteiger partial charge in [-0.05, 0) is 30.2 Å². The van der Waals surface area contributed by atoms with Gasteiger partial charge in [-0.2, -0.15) is 0 Å². The van der Waals surface area contributed by atoms with Gasteiger partial charge in [0.2, 0.25) is 0 Å². The molecular weight excluding hydrogens is 275 g/mol. The summed E-state index contributed by atoms with van der Waals surface area (Å²) in [6.45, 7) is 0.266. The molecule has 108 valence electrons. The molecule has 2 aromatic rings. The smallest absolute Gasteiger partial charge is 0.335 e. The molecule has 6 heteroatoms. The molecule has 21 heavy (non-hydrogen) atoms. The van der Waals surface area contributed by atoms with Crippen molar-refractivity contribution in [2.45, 2.75) is 6.42 Å². The van der Waals surface area contributed by atoms with E-state index in [9.17, 15) is 14.0 Å². The molecule has 2 rings (SSSR count). The quantitative estimate of drug-likeness (QED) is 0.880. The van der Waals surface area contributed by atoms with E-state index in [1.807, 2.05) is 0 Å². The fourth-order valence-corrected chi connectivity index (χ4v) is 1.86. The number of hydrogen-bond acceptors (Lipinski definition) is 3. The minimum atomic E-state index is -1.00. The highest BCUT2D eigenvalue weighted by atomic mass is 19.1. The SMILES string of the molecule is O=C(NCCc1ccccc1C(=O)O)c1ccc(F)cn1. The lowest BCUT2D eigenvalue weighted by Crippen LogP contribution is -2.26. The molecule has 0 unspecified atom stereocenters. The fourth-order valence-electron chi connectivity index (χ4n) is 1.86. The highest BCUT2D eigenvalue weighted by Crippen LogP contribution is 2.09. The molecule has 1 aromatic carbocycles. The Hall–Kier alpha value is -2.76. The number of carboxylic acid groups (broad SMARTS) is 1. The predicted molar refractivity (Wildman–Crippen MR) is 73.6 cm³/mol. The number of aromatic carboxylic acids is 1. The number of benzene rings is 1. The maximum atomic E-state index is 12.7. The summed E-state index contributed by atoms with van der Waals surface area (Å²) in [6.07, 6.45) is 1.35. The third-order valence-electron chi connectivity index (χ3n) is 2.89. The van der Waals surface area contributed by atoms with Gasteiger partial charge in [-0.1, -0.05) is 18.2 Å². The third kappa shape index (κ3) is 3.85. The summed E-state index contributed by atoms with van der Waals surface area (Å²) in [5, 5.41) is 11.7. The van der Waals surface area contributed by atoms with Gasteiger partial charge in [-0.15, -0.1) is 0 Å². The topological polar surface area (TPSA) is 79.3 Å². The Morgan fingerprint density at radius 1 is 1.19 bits per heavy atom. The van der Waals surface area contributed by atoms with Crippen LogP contribution >= 0.6 is 0 Å². The lowest BCUT2D eigenvalue weighted by Gasteiger charge is -2.07.